The number of nitrogens with two attached hydrogens (primary N) is 1. The van der Waals surface area contributed by atoms with Gasteiger partial charge in [-0.3, -0.25) is 4.79 Å². The Bertz CT molecular complexity index is 1370. The quantitative estimate of drug-likeness (QED) is 0.392. The topological polar surface area (TPSA) is 111 Å². The molecule has 0 saturated carbocycles. The van der Waals surface area contributed by atoms with Gasteiger partial charge in [-0.15, -0.1) is 0 Å². The van der Waals surface area contributed by atoms with Crippen LogP contribution in [0.3, 0.4) is 0 Å². The second kappa shape index (κ2) is 9.90. The molecule has 0 spiro atoms. The number of nitrogens with zero attached hydrogens (tertiary/aromatic N) is 5. The highest BCUT2D eigenvalue weighted by atomic mass is 35.5. The maximum absolute atomic E-state index is 12.7. The van der Waals surface area contributed by atoms with Crippen molar-refractivity contribution in [1.29, 1.82) is 0 Å². The standard InChI is InChI=1S/C24H24ClN7O2/c1-27-12-4-5-20(33)31(2)18-13-17(10-11-19(18)34-3)32-24-21(23(26)28-14-29-24)22(30-32)15-6-8-16(25)9-7-15/h4-11,13-14,27H,12H2,1-3H3,(H2,26,28,29). The molecule has 0 saturated heterocycles. The molecular formula is C24H24ClN7O2. The summed E-state index contributed by atoms with van der Waals surface area (Å²) < 4.78 is 7.18. The summed E-state index contributed by atoms with van der Waals surface area (Å²) in [5, 5.41) is 9.02. The normalized spacial score (nSPS) is 11.3. The fourth-order valence-electron chi connectivity index (χ4n) is 3.54. The van der Waals surface area contributed by atoms with Crippen molar-refractivity contribution in [1.82, 2.24) is 25.1 Å². The number of nitrogen functional groups attached to an aromatic ring is 1. The summed E-state index contributed by atoms with van der Waals surface area (Å²) in [7, 11) is 5.06. The summed E-state index contributed by atoms with van der Waals surface area (Å²) in [5.74, 6) is 0.673. The van der Waals surface area contributed by atoms with Crippen LogP contribution in [0.4, 0.5) is 11.5 Å². The fraction of sp³-hybridized carbons (Fsp3) is 0.167. The summed E-state index contributed by atoms with van der Waals surface area (Å²) in [6.07, 6.45) is 4.67. The number of aromatic nitrogens is 4. The molecule has 0 unspecified atom stereocenters. The molecule has 3 N–H and O–H groups in total. The minimum Gasteiger partial charge on any atom is -0.495 e. The number of ether oxygens (including phenoxy) is 1. The number of methoxy groups -OCH3 is 1. The number of hydrogen-bond acceptors (Lipinski definition) is 7. The average Bonchev–Trinajstić information content (AvgIpc) is 3.24. The van der Waals surface area contributed by atoms with Gasteiger partial charge in [-0.1, -0.05) is 29.8 Å². The molecule has 10 heteroatoms. The minimum absolute atomic E-state index is 0.190. The summed E-state index contributed by atoms with van der Waals surface area (Å²) in [6.45, 7) is 0.588. The van der Waals surface area contributed by atoms with Gasteiger partial charge in [0.2, 0.25) is 0 Å². The molecule has 174 valence electrons. The number of fused-ring (bicyclic) bond motifs is 1. The molecule has 0 fully saturated rings. The third-order valence-electron chi connectivity index (χ3n) is 5.29. The highest BCUT2D eigenvalue weighted by Crippen LogP contribution is 2.35. The van der Waals surface area contributed by atoms with Crippen LogP contribution in [0.5, 0.6) is 5.75 Å². The van der Waals surface area contributed by atoms with Crippen LogP contribution >= 0.6 is 11.6 Å². The Morgan fingerprint density at radius 2 is 2.00 bits per heavy atom. The van der Waals surface area contributed by atoms with Crippen molar-refractivity contribution in [3.05, 3.63) is 66.0 Å². The Morgan fingerprint density at radius 1 is 1.24 bits per heavy atom. The molecule has 0 aliphatic heterocycles. The van der Waals surface area contributed by atoms with Gasteiger partial charge in [0.1, 0.15) is 23.6 Å². The maximum Gasteiger partial charge on any atom is 0.250 e. The number of carbonyl (C=O) groups is 1. The van der Waals surface area contributed by atoms with Gasteiger partial charge in [-0.25, -0.2) is 14.6 Å². The van der Waals surface area contributed by atoms with Gasteiger partial charge in [0.15, 0.2) is 5.65 Å². The number of benzene rings is 2. The van der Waals surface area contributed by atoms with Crippen LogP contribution in [-0.2, 0) is 4.79 Å². The molecule has 2 aromatic carbocycles. The highest BCUT2D eigenvalue weighted by Gasteiger charge is 2.20. The largest absolute Gasteiger partial charge is 0.495 e. The highest BCUT2D eigenvalue weighted by molar-refractivity contribution is 6.30. The summed E-state index contributed by atoms with van der Waals surface area (Å²) in [6, 6.07) is 12.7. The second-order valence-electron chi connectivity index (χ2n) is 7.44. The van der Waals surface area contributed by atoms with Crippen molar-refractivity contribution >= 4 is 40.0 Å². The van der Waals surface area contributed by atoms with Crippen LogP contribution in [0.1, 0.15) is 0 Å². The van der Waals surface area contributed by atoms with E-state index in [0.717, 1.165) is 5.56 Å². The lowest BCUT2D eigenvalue weighted by Gasteiger charge is -2.19. The Kier molecular flexibility index (Phi) is 6.76. The monoisotopic (exact) mass is 477 g/mol. The van der Waals surface area contributed by atoms with Gasteiger partial charge < -0.3 is 20.7 Å². The second-order valence-corrected chi connectivity index (χ2v) is 7.87. The van der Waals surface area contributed by atoms with Gasteiger partial charge in [0.25, 0.3) is 5.91 Å². The van der Waals surface area contributed by atoms with E-state index in [0.29, 0.717) is 51.2 Å². The molecule has 0 atom stereocenters. The molecule has 2 aromatic heterocycles. The Balaban J connectivity index is 1.85. The van der Waals surface area contributed by atoms with Crippen molar-refractivity contribution in [2.75, 3.05) is 38.4 Å². The summed E-state index contributed by atoms with van der Waals surface area (Å²) in [4.78, 5) is 22.8. The van der Waals surface area contributed by atoms with Gasteiger partial charge >= 0.3 is 0 Å². The molecule has 34 heavy (non-hydrogen) atoms. The van der Waals surface area contributed by atoms with Crippen LogP contribution in [0.25, 0.3) is 28.0 Å². The maximum atomic E-state index is 12.7. The van der Waals surface area contributed by atoms with E-state index < -0.39 is 0 Å². The van der Waals surface area contributed by atoms with Crippen molar-refractivity contribution in [3.8, 4) is 22.7 Å². The number of hydrogen-bond donors (Lipinski definition) is 2. The van der Waals surface area contributed by atoms with E-state index in [-0.39, 0.29) is 5.91 Å². The third kappa shape index (κ3) is 4.43. The predicted octanol–water partition coefficient (Wildman–Crippen LogP) is 3.47. The average molecular weight is 478 g/mol. The molecule has 9 nitrogen and oxygen atoms in total. The first-order valence-electron chi connectivity index (χ1n) is 10.5. The SMILES string of the molecule is CNCC=CC(=O)N(C)c1cc(-n2nc(-c3ccc(Cl)cc3)c3c(N)ncnc32)ccc1OC. The van der Waals surface area contributed by atoms with Gasteiger partial charge in [-0.05, 0) is 37.4 Å². The Labute approximate surface area is 201 Å². The lowest BCUT2D eigenvalue weighted by atomic mass is 10.1. The first-order chi connectivity index (χ1) is 16.4. The van der Waals surface area contributed by atoms with Crippen molar-refractivity contribution in [3.63, 3.8) is 0 Å². The number of carbonyl (C=O) groups excluding carboxylic acids is 1. The zero-order valence-corrected chi connectivity index (χ0v) is 19.7. The van der Waals surface area contributed by atoms with E-state index in [1.807, 2.05) is 31.3 Å². The van der Waals surface area contributed by atoms with E-state index in [2.05, 4.69) is 15.3 Å². The van der Waals surface area contributed by atoms with E-state index >= 15 is 0 Å². The van der Waals surface area contributed by atoms with E-state index in [1.165, 1.54) is 17.3 Å². The van der Waals surface area contributed by atoms with Crippen molar-refractivity contribution < 1.29 is 9.53 Å². The van der Waals surface area contributed by atoms with E-state index in [1.54, 1.807) is 43.1 Å². The molecule has 0 aliphatic rings. The minimum atomic E-state index is -0.190. The van der Waals surface area contributed by atoms with E-state index in [4.69, 9.17) is 27.2 Å². The lowest BCUT2D eigenvalue weighted by molar-refractivity contribution is -0.113. The number of amides is 1. The van der Waals surface area contributed by atoms with Crippen LogP contribution in [0.15, 0.2) is 60.9 Å². The zero-order chi connectivity index (χ0) is 24.2. The number of anilines is 2. The number of likely N-dealkylation sites (N-methyl/N-ethyl adjacent to an activating group) is 2. The molecule has 2 heterocycles. The number of nitrogens with one attached hydrogen (secondary N) is 1. The molecule has 0 bridgehead atoms. The molecule has 0 radical (unpaired) electrons. The molecule has 4 aromatic rings. The van der Waals surface area contributed by atoms with Crippen LogP contribution in [0.2, 0.25) is 5.02 Å². The predicted molar refractivity (Wildman–Crippen MR) is 135 cm³/mol. The van der Waals surface area contributed by atoms with Crippen LogP contribution in [-0.4, -0.2) is 53.4 Å². The van der Waals surface area contributed by atoms with Gasteiger partial charge in [0, 0.05) is 30.3 Å². The van der Waals surface area contributed by atoms with E-state index in [9.17, 15) is 4.79 Å². The zero-order valence-electron chi connectivity index (χ0n) is 19.0. The number of halogens is 1. The lowest BCUT2D eigenvalue weighted by Crippen LogP contribution is -2.25. The molecule has 0 aliphatic carbocycles. The Hall–Kier alpha value is -3.95. The Morgan fingerprint density at radius 3 is 2.71 bits per heavy atom. The van der Waals surface area contributed by atoms with Gasteiger partial charge in [0.05, 0.1) is 23.9 Å². The van der Waals surface area contributed by atoms with Crippen molar-refractivity contribution in [2.24, 2.45) is 0 Å². The molecule has 4 rings (SSSR count). The molecular weight excluding hydrogens is 454 g/mol. The smallest absolute Gasteiger partial charge is 0.250 e. The summed E-state index contributed by atoms with van der Waals surface area (Å²) in [5.41, 5.74) is 9.47. The summed E-state index contributed by atoms with van der Waals surface area (Å²) >= 11 is 6.06. The first-order valence-corrected chi connectivity index (χ1v) is 10.8. The van der Waals surface area contributed by atoms with Gasteiger partial charge in [-0.2, -0.15) is 5.10 Å². The van der Waals surface area contributed by atoms with Crippen molar-refractivity contribution in [2.45, 2.75) is 0 Å². The fourth-order valence-corrected chi connectivity index (χ4v) is 3.67. The third-order valence-corrected chi connectivity index (χ3v) is 5.54. The van der Waals surface area contributed by atoms with Crippen LogP contribution in [0, 0.1) is 0 Å². The number of rotatable bonds is 7. The van der Waals surface area contributed by atoms with Crippen LogP contribution < -0.4 is 20.7 Å². The first kappa shape index (κ1) is 23.2. The molecule has 1 amide bonds.